The maximum Gasteiger partial charge on any atom is 0.263 e. The topological polar surface area (TPSA) is 84.6 Å². The molecule has 0 saturated heterocycles. The molecule has 1 aromatic carbocycles. The van der Waals surface area contributed by atoms with Crippen molar-refractivity contribution in [1.29, 1.82) is 0 Å². The lowest BCUT2D eigenvalue weighted by molar-refractivity contribution is 0.0904. The van der Waals surface area contributed by atoms with Gasteiger partial charge in [0.1, 0.15) is 10.6 Å². The van der Waals surface area contributed by atoms with E-state index in [1.165, 1.54) is 11.3 Å². The molecule has 2 aromatic rings. The number of aliphatic hydroxyl groups excluding tert-OH is 1. The fourth-order valence-corrected chi connectivity index (χ4v) is 3.15. The zero-order valence-electron chi connectivity index (χ0n) is 12.4. The van der Waals surface area contributed by atoms with Gasteiger partial charge in [0.15, 0.2) is 0 Å². The number of rotatable bonds is 5. The number of hydrogen-bond acceptors (Lipinski definition) is 5. The fourth-order valence-electron chi connectivity index (χ4n) is 2.10. The first kappa shape index (κ1) is 15.6. The molecule has 5 nitrogen and oxygen atoms in total. The Balaban J connectivity index is 2.33. The second-order valence-corrected chi connectivity index (χ2v) is 6.57. The molecule has 0 aliphatic heterocycles. The van der Waals surface area contributed by atoms with Gasteiger partial charge in [0.2, 0.25) is 0 Å². The summed E-state index contributed by atoms with van der Waals surface area (Å²) in [5.41, 5.74) is 6.09. The maximum atomic E-state index is 12.4. The van der Waals surface area contributed by atoms with E-state index in [4.69, 9.17) is 15.6 Å². The number of carbonyl (C=O) groups is 1. The number of fused-ring (bicyclic) bond motifs is 1. The average Bonchev–Trinajstić information content (AvgIpc) is 2.75. The van der Waals surface area contributed by atoms with Crippen LogP contribution in [0, 0.1) is 0 Å². The van der Waals surface area contributed by atoms with Gasteiger partial charge in [0, 0.05) is 22.2 Å². The molecule has 0 aliphatic carbocycles. The first-order chi connectivity index (χ1) is 9.88. The van der Waals surface area contributed by atoms with Crippen LogP contribution in [0.4, 0.5) is 5.69 Å². The van der Waals surface area contributed by atoms with Crippen LogP contribution in [0.1, 0.15) is 29.9 Å². The summed E-state index contributed by atoms with van der Waals surface area (Å²) < 4.78 is 6.10. The number of amides is 1. The normalized spacial score (nSPS) is 11.6. The molecule has 0 bridgehead atoms. The predicted octanol–water partition coefficient (Wildman–Crippen LogP) is 2.38. The quantitative estimate of drug-likeness (QED) is 0.792. The standard InChI is InChI=1S/C15H20N2O3S/c1-15(2,6-7-18)17-14(19)13-12(16)10-5-4-9(20-3)8-11(10)21-13/h4-5,8,18H,6-7,16H2,1-3H3,(H,17,19). The van der Waals surface area contributed by atoms with E-state index in [2.05, 4.69) is 5.32 Å². The Bertz CT molecular complexity index is 664. The van der Waals surface area contributed by atoms with Crippen LogP contribution in [0.5, 0.6) is 5.75 Å². The number of nitrogens with one attached hydrogen (secondary N) is 1. The second-order valence-electron chi connectivity index (χ2n) is 5.52. The van der Waals surface area contributed by atoms with Crippen molar-refractivity contribution in [3.63, 3.8) is 0 Å². The smallest absolute Gasteiger partial charge is 0.263 e. The van der Waals surface area contributed by atoms with Crippen LogP contribution in [0.3, 0.4) is 0 Å². The molecule has 0 fully saturated rings. The molecule has 4 N–H and O–H groups in total. The van der Waals surface area contributed by atoms with Gasteiger partial charge in [0.25, 0.3) is 5.91 Å². The number of carbonyl (C=O) groups excluding carboxylic acids is 1. The van der Waals surface area contributed by atoms with Crippen molar-refractivity contribution in [1.82, 2.24) is 5.32 Å². The summed E-state index contributed by atoms with van der Waals surface area (Å²) in [6, 6.07) is 5.55. The summed E-state index contributed by atoms with van der Waals surface area (Å²) in [5.74, 6) is 0.516. The Morgan fingerprint density at radius 1 is 1.48 bits per heavy atom. The Morgan fingerprint density at radius 3 is 2.81 bits per heavy atom. The van der Waals surface area contributed by atoms with Crippen molar-refractivity contribution in [2.45, 2.75) is 25.8 Å². The summed E-state index contributed by atoms with van der Waals surface area (Å²) in [6.07, 6.45) is 0.483. The highest BCUT2D eigenvalue weighted by Gasteiger charge is 2.24. The molecule has 6 heteroatoms. The van der Waals surface area contributed by atoms with E-state index < -0.39 is 5.54 Å². The predicted molar refractivity (Wildman–Crippen MR) is 86.0 cm³/mol. The van der Waals surface area contributed by atoms with E-state index in [-0.39, 0.29) is 12.5 Å². The van der Waals surface area contributed by atoms with Gasteiger partial charge < -0.3 is 20.9 Å². The summed E-state index contributed by atoms with van der Waals surface area (Å²) >= 11 is 1.34. The minimum Gasteiger partial charge on any atom is -0.497 e. The molecule has 0 unspecified atom stereocenters. The van der Waals surface area contributed by atoms with E-state index in [1.807, 2.05) is 32.0 Å². The number of nitrogen functional groups attached to an aromatic ring is 1. The monoisotopic (exact) mass is 308 g/mol. The van der Waals surface area contributed by atoms with Crippen LogP contribution in [0.25, 0.3) is 10.1 Å². The Hall–Kier alpha value is -1.79. The van der Waals surface area contributed by atoms with Gasteiger partial charge in [0.05, 0.1) is 12.8 Å². The number of ether oxygens (including phenoxy) is 1. The van der Waals surface area contributed by atoms with Gasteiger partial charge >= 0.3 is 0 Å². The molecule has 0 saturated carbocycles. The van der Waals surface area contributed by atoms with Crippen LogP contribution in [0.2, 0.25) is 0 Å². The zero-order valence-corrected chi connectivity index (χ0v) is 13.2. The fraction of sp³-hybridized carbons (Fsp3) is 0.400. The van der Waals surface area contributed by atoms with E-state index in [0.717, 1.165) is 15.8 Å². The van der Waals surface area contributed by atoms with Crippen molar-refractivity contribution in [2.75, 3.05) is 19.5 Å². The molecule has 0 aliphatic rings. The lowest BCUT2D eigenvalue weighted by Gasteiger charge is -2.25. The molecule has 1 amide bonds. The van der Waals surface area contributed by atoms with E-state index in [1.54, 1.807) is 7.11 Å². The second kappa shape index (κ2) is 5.91. The van der Waals surface area contributed by atoms with E-state index >= 15 is 0 Å². The minimum atomic E-state index is -0.480. The highest BCUT2D eigenvalue weighted by Crippen LogP contribution is 2.36. The molecular formula is C15H20N2O3S. The molecule has 0 atom stereocenters. The van der Waals surface area contributed by atoms with Gasteiger partial charge in [-0.2, -0.15) is 0 Å². The molecule has 114 valence electrons. The van der Waals surface area contributed by atoms with Crippen LogP contribution < -0.4 is 15.8 Å². The van der Waals surface area contributed by atoms with E-state index in [0.29, 0.717) is 17.0 Å². The first-order valence-electron chi connectivity index (χ1n) is 6.67. The number of hydrogen-bond donors (Lipinski definition) is 3. The summed E-state index contributed by atoms with van der Waals surface area (Å²) in [7, 11) is 1.60. The Kier molecular flexibility index (Phi) is 4.39. The molecule has 0 radical (unpaired) electrons. The third-order valence-corrected chi connectivity index (χ3v) is 4.50. The third kappa shape index (κ3) is 3.28. The number of methoxy groups -OCH3 is 1. The number of benzene rings is 1. The van der Waals surface area contributed by atoms with Gasteiger partial charge in [-0.15, -0.1) is 11.3 Å². The van der Waals surface area contributed by atoms with Gasteiger partial charge in [-0.3, -0.25) is 4.79 Å². The molecule has 2 rings (SSSR count). The Morgan fingerprint density at radius 2 is 2.19 bits per heavy atom. The molecule has 0 spiro atoms. The molecule has 1 aromatic heterocycles. The van der Waals surface area contributed by atoms with Gasteiger partial charge in [-0.05, 0) is 38.5 Å². The summed E-state index contributed by atoms with van der Waals surface area (Å²) in [4.78, 5) is 12.9. The minimum absolute atomic E-state index is 0.0202. The first-order valence-corrected chi connectivity index (χ1v) is 7.49. The molecule has 1 heterocycles. The SMILES string of the molecule is COc1ccc2c(N)c(C(=O)NC(C)(C)CCO)sc2c1. The lowest BCUT2D eigenvalue weighted by atomic mass is 10.0. The zero-order chi connectivity index (χ0) is 15.6. The molecule has 21 heavy (non-hydrogen) atoms. The maximum absolute atomic E-state index is 12.4. The number of anilines is 1. The van der Waals surface area contributed by atoms with Crippen molar-refractivity contribution in [3.8, 4) is 5.75 Å². The average molecular weight is 308 g/mol. The number of thiophene rings is 1. The molecular weight excluding hydrogens is 288 g/mol. The van der Waals surface area contributed by atoms with E-state index in [9.17, 15) is 4.79 Å². The van der Waals surface area contributed by atoms with Crippen molar-refractivity contribution >= 4 is 33.0 Å². The summed E-state index contributed by atoms with van der Waals surface area (Å²) in [6.45, 7) is 3.76. The van der Waals surface area contributed by atoms with Crippen LogP contribution in [0.15, 0.2) is 18.2 Å². The largest absolute Gasteiger partial charge is 0.497 e. The van der Waals surface area contributed by atoms with Crippen molar-refractivity contribution in [2.24, 2.45) is 0 Å². The van der Waals surface area contributed by atoms with Crippen LogP contribution >= 0.6 is 11.3 Å². The van der Waals surface area contributed by atoms with Gasteiger partial charge in [-0.1, -0.05) is 0 Å². The number of nitrogens with two attached hydrogens (primary N) is 1. The lowest BCUT2D eigenvalue weighted by Crippen LogP contribution is -2.43. The van der Waals surface area contributed by atoms with Gasteiger partial charge in [-0.25, -0.2) is 0 Å². The highest BCUT2D eigenvalue weighted by atomic mass is 32.1. The summed E-state index contributed by atoms with van der Waals surface area (Å²) in [5, 5.41) is 12.8. The third-order valence-electron chi connectivity index (χ3n) is 3.33. The van der Waals surface area contributed by atoms with Crippen LogP contribution in [-0.4, -0.2) is 30.3 Å². The van der Waals surface area contributed by atoms with Crippen molar-refractivity contribution in [3.05, 3.63) is 23.1 Å². The highest BCUT2D eigenvalue weighted by molar-refractivity contribution is 7.21. The Labute approximate surface area is 127 Å². The number of aliphatic hydroxyl groups is 1. The van der Waals surface area contributed by atoms with Crippen molar-refractivity contribution < 1.29 is 14.6 Å². The van der Waals surface area contributed by atoms with Crippen LogP contribution in [-0.2, 0) is 0 Å².